The topological polar surface area (TPSA) is 92.5 Å². The zero-order valence-corrected chi connectivity index (χ0v) is 18.0. The number of carbonyl (C=O) groups is 1. The van der Waals surface area contributed by atoms with Gasteiger partial charge in [0.05, 0.1) is 4.92 Å². The molecule has 6 nitrogen and oxygen atoms in total. The molecule has 4 aromatic rings. The predicted molar refractivity (Wildman–Crippen MR) is 129 cm³/mol. The molecular formula is C27H21FN2O4. The van der Waals surface area contributed by atoms with Crippen LogP contribution >= 0.6 is 0 Å². The van der Waals surface area contributed by atoms with Gasteiger partial charge in [-0.25, -0.2) is 9.18 Å². The van der Waals surface area contributed by atoms with Crippen molar-refractivity contribution in [3.05, 3.63) is 119 Å². The standard InChI is InChI=1S/C27H21FN2O4/c28-23-16-20(11-13-22(23)19-9-5-2-6-10-19)21-12-14-24(26(17-21)30(33)34)29-25(27(31)32)15-18-7-3-1-4-8-18/h1-14,16-17,25,29H,15H2,(H,31,32)/t25-/m0/s1. The Kier molecular flexibility index (Phi) is 6.64. The summed E-state index contributed by atoms with van der Waals surface area (Å²) in [7, 11) is 0. The maximum Gasteiger partial charge on any atom is 0.326 e. The molecular weight excluding hydrogens is 435 g/mol. The third-order valence-corrected chi connectivity index (χ3v) is 5.49. The van der Waals surface area contributed by atoms with Crippen LogP contribution in [0.1, 0.15) is 5.56 Å². The summed E-state index contributed by atoms with van der Waals surface area (Å²) in [5.74, 6) is -1.57. The predicted octanol–water partition coefficient (Wildman–Crippen LogP) is 6.18. The molecule has 4 rings (SSSR count). The fourth-order valence-corrected chi connectivity index (χ4v) is 3.77. The Balaban J connectivity index is 1.63. The van der Waals surface area contributed by atoms with Gasteiger partial charge >= 0.3 is 5.97 Å². The van der Waals surface area contributed by atoms with Gasteiger partial charge < -0.3 is 10.4 Å². The van der Waals surface area contributed by atoms with E-state index in [9.17, 15) is 24.4 Å². The number of benzene rings is 4. The number of nitro benzene ring substituents is 1. The highest BCUT2D eigenvalue weighted by atomic mass is 19.1. The summed E-state index contributed by atoms with van der Waals surface area (Å²) >= 11 is 0. The number of nitro groups is 1. The summed E-state index contributed by atoms with van der Waals surface area (Å²) in [6.07, 6.45) is 0.154. The van der Waals surface area contributed by atoms with Crippen LogP contribution in [0, 0.1) is 15.9 Å². The maximum atomic E-state index is 14.8. The average Bonchev–Trinajstić information content (AvgIpc) is 2.84. The molecule has 0 amide bonds. The van der Waals surface area contributed by atoms with E-state index >= 15 is 0 Å². The number of rotatable bonds is 8. The molecule has 0 radical (unpaired) electrons. The Morgan fingerprint density at radius 1 is 0.882 bits per heavy atom. The van der Waals surface area contributed by atoms with Gasteiger partial charge in [0, 0.05) is 18.1 Å². The third-order valence-electron chi connectivity index (χ3n) is 5.49. The van der Waals surface area contributed by atoms with E-state index in [0.29, 0.717) is 16.7 Å². The molecule has 0 unspecified atom stereocenters. The molecule has 0 aliphatic rings. The Morgan fingerprint density at radius 2 is 1.50 bits per heavy atom. The van der Waals surface area contributed by atoms with Gasteiger partial charge in [-0.1, -0.05) is 78.9 Å². The van der Waals surface area contributed by atoms with Crippen LogP contribution in [0.3, 0.4) is 0 Å². The largest absolute Gasteiger partial charge is 0.480 e. The zero-order chi connectivity index (χ0) is 24.1. The van der Waals surface area contributed by atoms with Crippen molar-refractivity contribution in [1.29, 1.82) is 0 Å². The molecule has 7 heteroatoms. The number of hydrogen-bond donors (Lipinski definition) is 2. The van der Waals surface area contributed by atoms with Crippen LogP contribution in [0.4, 0.5) is 15.8 Å². The lowest BCUT2D eigenvalue weighted by molar-refractivity contribution is -0.383. The van der Waals surface area contributed by atoms with E-state index in [2.05, 4.69) is 5.32 Å². The van der Waals surface area contributed by atoms with E-state index in [-0.39, 0.29) is 17.8 Å². The van der Waals surface area contributed by atoms with Gasteiger partial charge in [0.2, 0.25) is 0 Å². The minimum absolute atomic E-state index is 0.0819. The number of halogens is 1. The first kappa shape index (κ1) is 22.7. The summed E-state index contributed by atoms with van der Waals surface area (Å²) < 4.78 is 14.8. The highest BCUT2D eigenvalue weighted by molar-refractivity contribution is 5.81. The number of carboxylic acid groups (broad SMARTS) is 1. The molecule has 0 saturated heterocycles. The van der Waals surface area contributed by atoms with Crippen molar-refractivity contribution in [2.45, 2.75) is 12.5 Å². The van der Waals surface area contributed by atoms with Crippen LogP contribution in [0.15, 0.2) is 97.1 Å². The molecule has 0 aromatic heterocycles. The van der Waals surface area contributed by atoms with Crippen molar-refractivity contribution in [2.75, 3.05) is 5.32 Å². The lowest BCUT2D eigenvalue weighted by Gasteiger charge is -2.16. The van der Waals surface area contributed by atoms with Crippen LogP contribution in [0.2, 0.25) is 0 Å². The van der Waals surface area contributed by atoms with Crippen molar-refractivity contribution in [1.82, 2.24) is 0 Å². The van der Waals surface area contributed by atoms with Crippen molar-refractivity contribution in [3.63, 3.8) is 0 Å². The number of carboxylic acids is 1. The second kappa shape index (κ2) is 9.95. The zero-order valence-electron chi connectivity index (χ0n) is 18.0. The van der Waals surface area contributed by atoms with E-state index in [1.807, 2.05) is 24.3 Å². The number of nitrogens with zero attached hydrogens (tertiary/aromatic N) is 1. The molecule has 0 aliphatic carbocycles. The summed E-state index contributed by atoms with van der Waals surface area (Å²) in [5.41, 5.74) is 2.67. The lowest BCUT2D eigenvalue weighted by Crippen LogP contribution is -2.31. The first-order valence-corrected chi connectivity index (χ1v) is 10.6. The van der Waals surface area contributed by atoms with Crippen LogP contribution < -0.4 is 5.32 Å². The second-order valence-electron chi connectivity index (χ2n) is 7.77. The van der Waals surface area contributed by atoms with Crippen LogP contribution in [0.25, 0.3) is 22.3 Å². The minimum atomic E-state index is -1.12. The highest BCUT2D eigenvalue weighted by Crippen LogP contribution is 2.33. The number of aliphatic carboxylic acids is 1. The van der Waals surface area contributed by atoms with E-state index < -0.39 is 22.8 Å². The van der Waals surface area contributed by atoms with Gasteiger partial charge in [-0.3, -0.25) is 10.1 Å². The highest BCUT2D eigenvalue weighted by Gasteiger charge is 2.23. The average molecular weight is 456 g/mol. The Labute approximate surface area is 195 Å². The Hall–Kier alpha value is -4.52. The van der Waals surface area contributed by atoms with E-state index in [4.69, 9.17) is 0 Å². The molecule has 2 N–H and O–H groups in total. The first-order chi connectivity index (χ1) is 16.4. The van der Waals surface area contributed by atoms with Gasteiger partial charge in [-0.2, -0.15) is 0 Å². The maximum absolute atomic E-state index is 14.8. The SMILES string of the molecule is O=C(O)[C@H](Cc1ccccc1)Nc1ccc(-c2ccc(-c3ccccc3)c(F)c2)cc1[N+](=O)[O-]. The molecule has 0 heterocycles. The van der Waals surface area contributed by atoms with Crippen LogP contribution in [0.5, 0.6) is 0 Å². The normalized spacial score (nSPS) is 11.6. The van der Waals surface area contributed by atoms with Crippen molar-refractivity contribution < 1.29 is 19.2 Å². The van der Waals surface area contributed by atoms with Gasteiger partial charge in [0.25, 0.3) is 5.69 Å². The fraction of sp³-hybridized carbons (Fsp3) is 0.0741. The summed E-state index contributed by atoms with van der Waals surface area (Å²) in [6, 6.07) is 26.1. The molecule has 0 aliphatic heterocycles. The Bertz CT molecular complexity index is 1330. The third kappa shape index (κ3) is 5.10. The van der Waals surface area contributed by atoms with Gasteiger partial charge in [0.1, 0.15) is 17.5 Å². The molecule has 0 spiro atoms. The molecule has 0 fully saturated rings. The minimum Gasteiger partial charge on any atom is -0.480 e. The fourth-order valence-electron chi connectivity index (χ4n) is 3.77. The molecule has 4 aromatic carbocycles. The molecule has 1 atom stereocenters. The molecule has 170 valence electrons. The number of hydrogen-bond acceptors (Lipinski definition) is 4. The quantitative estimate of drug-likeness (QED) is 0.244. The van der Waals surface area contributed by atoms with E-state index in [1.54, 1.807) is 54.6 Å². The first-order valence-electron chi connectivity index (χ1n) is 10.6. The van der Waals surface area contributed by atoms with Crippen LogP contribution in [-0.2, 0) is 11.2 Å². The van der Waals surface area contributed by atoms with E-state index in [1.165, 1.54) is 18.2 Å². The second-order valence-corrected chi connectivity index (χ2v) is 7.77. The Morgan fingerprint density at radius 3 is 2.12 bits per heavy atom. The summed E-state index contributed by atoms with van der Waals surface area (Å²) in [4.78, 5) is 23.0. The van der Waals surface area contributed by atoms with Gasteiger partial charge in [-0.15, -0.1) is 0 Å². The molecule has 0 saturated carbocycles. The van der Waals surface area contributed by atoms with Gasteiger partial charge in [-0.05, 0) is 34.4 Å². The van der Waals surface area contributed by atoms with E-state index in [0.717, 1.165) is 11.1 Å². The van der Waals surface area contributed by atoms with Crippen molar-refractivity contribution in [2.24, 2.45) is 0 Å². The molecule has 34 heavy (non-hydrogen) atoms. The van der Waals surface area contributed by atoms with Gasteiger partial charge in [0.15, 0.2) is 0 Å². The lowest BCUT2D eigenvalue weighted by atomic mass is 9.99. The van der Waals surface area contributed by atoms with Crippen molar-refractivity contribution >= 4 is 17.3 Å². The van der Waals surface area contributed by atoms with Crippen molar-refractivity contribution in [3.8, 4) is 22.3 Å². The smallest absolute Gasteiger partial charge is 0.326 e. The monoisotopic (exact) mass is 456 g/mol. The number of anilines is 1. The number of nitrogens with one attached hydrogen (secondary N) is 1. The molecule has 0 bridgehead atoms. The summed E-state index contributed by atoms with van der Waals surface area (Å²) in [5, 5.41) is 24.2. The summed E-state index contributed by atoms with van der Waals surface area (Å²) in [6.45, 7) is 0. The van der Waals surface area contributed by atoms with Crippen LogP contribution in [-0.4, -0.2) is 22.0 Å².